The summed E-state index contributed by atoms with van der Waals surface area (Å²) in [4.78, 5) is 41.6. The Bertz CT molecular complexity index is 1190. The lowest BCUT2D eigenvalue weighted by atomic mass is 10.2. The Morgan fingerprint density at radius 1 is 0.966 bits per heavy atom. The standard InChI is InChI=1S/C21H21FN4O3/c1-23-17-8-4-2-6-15(17)20(28)26(21(23)29)14-19(27)25-12-10-24(11-13-25)18-9-5-3-7-16(18)22/h2-9H,10-14H2,1H3. The Hall–Kier alpha value is -3.42. The Morgan fingerprint density at radius 3 is 2.34 bits per heavy atom. The molecule has 1 amide bonds. The maximum atomic E-state index is 14.0. The number of carbonyl (C=O) groups excluding carboxylic acids is 1. The average Bonchev–Trinajstić information content (AvgIpc) is 2.75. The van der Waals surface area contributed by atoms with Gasteiger partial charge in [-0.1, -0.05) is 24.3 Å². The molecule has 1 aliphatic rings. The highest BCUT2D eigenvalue weighted by molar-refractivity contribution is 5.79. The molecule has 0 unspecified atom stereocenters. The number of hydrogen-bond donors (Lipinski definition) is 0. The van der Waals surface area contributed by atoms with Crippen molar-refractivity contribution in [3.05, 3.63) is 75.2 Å². The zero-order chi connectivity index (χ0) is 20.5. The fourth-order valence-corrected chi connectivity index (χ4v) is 3.74. The van der Waals surface area contributed by atoms with Gasteiger partial charge in [0.05, 0.1) is 16.6 Å². The van der Waals surface area contributed by atoms with Gasteiger partial charge in [0.2, 0.25) is 5.91 Å². The average molecular weight is 396 g/mol. The fraction of sp³-hybridized carbons (Fsp3) is 0.286. The Balaban J connectivity index is 1.52. The SMILES string of the molecule is Cn1c(=O)n(CC(=O)N2CCN(c3ccccc3F)CC2)c(=O)c2ccccc21. The van der Waals surface area contributed by atoms with Crippen LogP contribution in [0.3, 0.4) is 0 Å². The van der Waals surface area contributed by atoms with Gasteiger partial charge in [-0.05, 0) is 24.3 Å². The molecule has 8 heteroatoms. The highest BCUT2D eigenvalue weighted by atomic mass is 19.1. The van der Waals surface area contributed by atoms with Crippen molar-refractivity contribution >= 4 is 22.5 Å². The van der Waals surface area contributed by atoms with E-state index in [2.05, 4.69) is 0 Å². The molecule has 1 aliphatic heterocycles. The van der Waals surface area contributed by atoms with Crippen molar-refractivity contribution in [2.45, 2.75) is 6.54 Å². The first kappa shape index (κ1) is 18.9. The summed E-state index contributed by atoms with van der Waals surface area (Å²) < 4.78 is 16.3. The Morgan fingerprint density at radius 2 is 1.62 bits per heavy atom. The minimum Gasteiger partial charge on any atom is -0.366 e. The molecule has 150 valence electrons. The van der Waals surface area contributed by atoms with E-state index >= 15 is 0 Å². The predicted molar refractivity (Wildman–Crippen MR) is 109 cm³/mol. The van der Waals surface area contributed by atoms with Gasteiger partial charge in [-0.3, -0.25) is 18.7 Å². The predicted octanol–water partition coefficient (Wildman–Crippen LogP) is 1.19. The Kier molecular flexibility index (Phi) is 4.92. The monoisotopic (exact) mass is 396 g/mol. The third kappa shape index (κ3) is 3.41. The van der Waals surface area contributed by atoms with Gasteiger partial charge in [-0.25, -0.2) is 9.18 Å². The number of carbonyl (C=O) groups is 1. The summed E-state index contributed by atoms with van der Waals surface area (Å²) >= 11 is 0. The second-order valence-electron chi connectivity index (χ2n) is 7.07. The number of halogens is 1. The smallest absolute Gasteiger partial charge is 0.331 e. The summed E-state index contributed by atoms with van der Waals surface area (Å²) in [6.07, 6.45) is 0. The third-order valence-electron chi connectivity index (χ3n) is 5.38. The van der Waals surface area contributed by atoms with Crippen molar-refractivity contribution < 1.29 is 9.18 Å². The molecule has 0 saturated carbocycles. The molecule has 0 aliphatic carbocycles. The molecular formula is C21H21FN4O3. The summed E-state index contributed by atoms with van der Waals surface area (Å²) in [6, 6.07) is 13.4. The van der Waals surface area contributed by atoms with Gasteiger partial charge in [0.1, 0.15) is 12.4 Å². The molecule has 29 heavy (non-hydrogen) atoms. The molecule has 0 radical (unpaired) electrons. The number of rotatable bonds is 3. The van der Waals surface area contributed by atoms with Gasteiger partial charge in [-0.2, -0.15) is 0 Å². The van der Waals surface area contributed by atoms with Crippen LogP contribution in [0.4, 0.5) is 10.1 Å². The van der Waals surface area contributed by atoms with E-state index < -0.39 is 11.2 Å². The van der Waals surface area contributed by atoms with Gasteiger partial charge in [0, 0.05) is 33.2 Å². The minimum absolute atomic E-state index is 0.293. The molecule has 2 aromatic carbocycles. The van der Waals surface area contributed by atoms with Crippen LogP contribution >= 0.6 is 0 Å². The molecule has 3 aromatic rings. The first-order chi connectivity index (χ1) is 14.0. The van der Waals surface area contributed by atoms with Gasteiger partial charge < -0.3 is 9.80 Å². The second kappa shape index (κ2) is 7.54. The largest absolute Gasteiger partial charge is 0.366 e. The van der Waals surface area contributed by atoms with Crippen molar-refractivity contribution in [1.82, 2.24) is 14.0 Å². The second-order valence-corrected chi connectivity index (χ2v) is 7.07. The van der Waals surface area contributed by atoms with Crippen LogP contribution in [-0.4, -0.2) is 46.1 Å². The number of amides is 1. The lowest BCUT2D eigenvalue weighted by Crippen LogP contribution is -2.51. The molecule has 0 bridgehead atoms. The van der Waals surface area contributed by atoms with Crippen molar-refractivity contribution in [2.75, 3.05) is 31.1 Å². The minimum atomic E-state index is -0.521. The van der Waals surface area contributed by atoms with E-state index in [0.717, 1.165) is 4.57 Å². The van der Waals surface area contributed by atoms with Crippen LogP contribution in [0.2, 0.25) is 0 Å². The van der Waals surface area contributed by atoms with Crippen molar-refractivity contribution in [2.24, 2.45) is 7.05 Å². The lowest BCUT2D eigenvalue weighted by Gasteiger charge is -2.36. The van der Waals surface area contributed by atoms with Gasteiger partial charge in [0.25, 0.3) is 5.56 Å². The number of aryl methyl sites for hydroxylation is 1. The Labute approximate surface area is 166 Å². The maximum Gasteiger partial charge on any atom is 0.331 e. The zero-order valence-electron chi connectivity index (χ0n) is 16.0. The molecule has 2 heterocycles. The van der Waals surface area contributed by atoms with Gasteiger partial charge >= 0.3 is 5.69 Å². The highest BCUT2D eigenvalue weighted by Crippen LogP contribution is 2.20. The molecule has 0 spiro atoms. The van der Waals surface area contributed by atoms with Crippen LogP contribution < -0.4 is 16.1 Å². The van der Waals surface area contributed by atoms with Crippen molar-refractivity contribution in [3.8, 4) is 0 Å². The molecule has 1 saturated heterocycles. The van der Waals surface area contributed by atoms with Crippen LogP contribution in [-0.2, 0) is 18.4 Å². The van der Waals surface area contributed by atoms with Crippen LogP contribution in [0, 0.1) is 5.82 Å². The van der Waals surface area contributed by atoms with Crippen LogP contribution in [0.5, 0.6) is 0 Å². The van der Waals surface area contributed by atoms with Gasteiger partial charge in [-0.15, -0.1) is 0 Å². The number of nitrogens with zero attached hydrogens (tertiary/aromatic N) is 4. The van der Waals surface area contributed by atoms with Crippen molar-refractivity contribution in [3.63, 3.8) is 0 Å². The van der Waals surface area contributed by atoms with Crippen LogP contribution in [0.15, 0.2) is 58.1 Å². The van der Waals surface area contributed by atoms with E-state index in [1.807, 2.05) is 4.90 Å². The zero-order valence-corrected chi connectivity index (χ0v) is 16.0. The number of benzene rings is 2. The number of fused-ring (bicyclic) bond motifs is 1. The number of anilines is 1. The van der Waals surface area contributed by atoms with E-state index in [1.54, 1.807) is 54.4 Å². The lowest BCUT2D eigenvalue weighted by molar-refractivity contribution is -0.132. The topological polar surface area (TPSA) is 67.6 Å². The maximum absolute atomic E-state index is 14.0. The van der Waals surface area contributed by atoms with Crippen molar-refractivity contribution in [1.29, 1.82) is 0 Å². The number of aromatic nitrogens is 2. The quantitative estimate of drug-likeness (QED) is 0.667. The molecule has 4 rings (SSSR count). The number of hydrogen-bond acceptors (Lipinski definition) is 4. The van der Waals surface area contributed by atoms with E-state index in [-0.39, 0.29) is 18.3 Å². The summed E-state index contributed by atoms with van der Waals surface area (Å²) in [6.45, 7) is 1.45. The van der Waals surface area contributed by atoms with E-state index in [0.29, 0.717) is 42.8 Å². The fourth-order valence-electron chi connectivity index (χ4n) is 3.74. The molecule has 1 fully saturated rings. The molecular weight excluding hydrogens is 375 g/mol. The summed E-state index contributed by atoms with van der Waals surface area (Å²) in [7, 11) is 1.58. The highest BCUT2D eigenvalue weighted by Gasteiger charge is 2.24. The van der Waals surface area contributed by atoms with Gasteiger partial charge in [0.15, 0.2) is 0 Å². The summed E-state index contributed by atoms with van der Waals surface area (Å²) in [5.74, 6) is -0.592. The molecule has 0 N–H and O–H groups in total. The van der Waals surface area contributed by atoms with E-state index in [4.69, 9.17) is 0 Å². The van der Waals surface area contributed by atoms with E-state index in [9.17, 15) is 18.8 Å². The van der Waals surface area contributed by atoms with Crippen LogP contribution in [0.25, 0.3) is 10.9 Å². The third-order valence-corrected chi connectivity index (χ3v) is 5.38. The van der Waals surface area contributed by atoms with Crippen LogP contribution in [0.1, 0.15) is 0 Å². The number of piperazine rings is 1. The summed E-state index contributed by atoms with van der Waals surface area (Å²) in [5, 5.41) is 0.395. The number of para-hydroxylation sites is 2. The first-order valence-corrected chi connectivity index (χ1v) is 9.43. The molecule has 1 aromatic heterocycles. The summed E-state index contributed by atoms with van der Waals surface area (Å²) in [5.41, 5.74) is 0.0537. The normalized spacial score (nSPS) is 14.4. The first-order valence-electron chi connectivity index (χ1n) is 9.43. The van der Waals surface area contributed by atoms with E-state index in [1.165, 1.54) is 10.6 Å². The molecule has 7 nitrogen and oxygen atoms in total. The molecule has 0 atom stereocenters.